The van der Waals surface area contributed by atoms with E-state index in [1.807, 2.05) is 0 Å². The van der Waals surface area contributed by atoms with Crippen molar-refractivity contribution in [1.82, 2.24) is 0 Å². The van der Waals surface area contributed by atoms with Crippen molar-refractivity contribution in [3.05, 3.63) is 0 Å². The first kappa shape index (κ1) is 25.3. The van der Waals surface area contributed by atoms with E-state index in [9.17, 15) is 0 Å². The van der Waals surface area contributed by atoms with E-state index in [2.05, 4.69) is 27.7 Å². The molecule has 29 heavy (non-hydrogen) atoms. The van der Waals surface area contributed by atoms with E-state index in [4.69, 9.17) is 0 Å². The maximum atomic E-state index is 2.51. The Morgan fingerprint density at radius 1 is 0.552 bits per heavy atom. The zero-order valence-electron chi connectivity index (χ0n) is 20.9. The van der Waals surface area contributed by atoms with Crippen molar-refractivity contribution in [2.75, 3.05) is 0 Å². The van der Waals surface area contributed by atoms with Gasteiger partial charge in [-0.25, -0.2) is 0 Å². The van der Waals surface area contributed by atoms with Gasteiger partial charge >= 0.3 is 0 Å². The molecule has 0 heteroatoms. The van der Waals surface area contributed by atoms with Gasteiger partial charge in [0.2, 0.25) is 0 Å². The molecule has 2 aliphatic carbocycles. The molecule has 0 bridgehead atoms. The van der Waals surface area contributed by atoms with Crippen LogP contribution in [0.1, 0.15) is 150 Å². The smallest absolute Gasteiger partial charge is 0.0386 e. The summed E-state index contributed by atoms with van der Waals surface area (Å²) in [6, 6.07) is 0. The molecule has 2 aliphatic rings. The van der Waals surface area contributed by atoms with Gasteiger partial charge in [-0.3, -0.25) is 0 Å². The zero-order chi connectivity index (χ0) is 20.9. The molecule has 2 saturated carbocycles. The third kappa shape index (κ3) is 10.7. The predicted molar refractivity (Wildman–Crippen MR) is 131 cm³/mol. The average Bonchev–Trinajstić information content (AvgIpc) is 2.73. The fourth-order valence-electron chi connectivity index (χ4n) is 6.47. The fraction of sp³-hybridized carbons (Fsp3) is 1.00. The highest BCUT2D eigenvalue weighted by Gasteiger charge is 2.30. The van der Waals surface area contributed by atoms with E-state index in [0.29, 0.717) is 0 Å². The van der Waals surface area contributed by atoms with Crippen LogP contribution in [0.4, 0.5) is 0 Å². The summed E-state index contributed by atoms with van der Waals surface area (Å²) >= 11 is 0. The van der Waals surface area contributed by atoms with Gasteiger partial charge in [-0.1, -0.05) is 124 Å². The lowest BCUT2D eigenvalue weighted by molar-refractivity contribution is 0.138. The van der Waals surface area contributed by atoms with Gasteiger partial charge in [0.15, 0.2) is 0 Å². The van der Waals surface area contributed by atoms with Gasteiger partial charge in [-0.15, -0.1) is 0 Å². The number of hydrogen-bond acceptors (Lipinski definition) is 0. The summed E-state index contributed by atoms with van der Waals surface area (Å²) in [5, 5.41) is 0. The van der Waals surface area contributed by atoms with Crippen LogP contribution >= 0.6 is 0 Å². The highest BCUT2D eigenvalue weighted by molar-refractivity contribution is 4.82. The van der Waals surface area contributed by atoms with Crippen LogP contribution in [0.5, 0.6) is 0 Å². The lowest BCUT2D eigenvalue weighted by Gasteiger charge is -2.38. The molecule has 0 aromatic heterocycles. The Balaban J connectivity index is 1.51. The third-order valence-corrected chi connectivity index (χ3v) is 8.71. The maximum Gasteiger partial charge on any atom is -0.0386 e. The van der Waals surface area contributed by atoms with E-state index in [1.54, 1.807) is 57.8 Å². The van der Waals surface area contributed by atoms with E-state index < -0.39 is 0 Å². The maximum absolute atomic E-state index is 2.51. The summed E-state index contributed by atoms with van der Waals surface area (Å²) in [6.07, 6.45) is 28.7. The molecule has 0 aromatic carbocycles. The minimum Gasteiger partial charge on any atom is -0.0654 e. The summed E-state index contributed by atoms with van der Waals surface area (Å²) in [6.45, 7) is 9.56. The predicted octanol–water partition coefficient (Wildman–Crippen LogP) is 10.2. The van der Waals surface area contributed by atoms with E-state index in [0.717, 1.165) is 35.5 Å². The monoisotopic (exact) mass is 404 g/mol. The van der Waals surface area contributed by atoms with Gasteiger partial charge in [0.25, 0.3) is 0 Å². The van der Waals surface area contributed by atoms with E-state index in [-0.39, 0.29) is 0 Å². The van der Waals surface area contributed by atoms with Gasteiger partial charge in [0.05, 0.1) is 0 Å². The van der Waals surface area contributed by atoms with Crippen molar-refractivity contribution < 1.29 is 0 Å². The lowest BCUT2D eigenvalue weighted by Crippen LogP contribution is -2.26. The average molecular weight is 405 g/mol. The number of rotatable bonds is 14. The van der Waals surface area contributed by atoms with Crippen LogP contribution < -0.4 is 0 Å². The first-order chi connectivity index (χ1) is 14.1. The Labute approximate surface area is 185 Å². The molecule has 0 aliphatic heterocycles. The zero-order valence-corrected chi connectivity index (χ0v) is 20.9. The van der Waals surface area contributed by atoms with Crippen LogP contribution in [0.25, 0.3) is 0 Å². The summed E-state index contributed by atoms with van der Waals surface area (Å²) in [4.78, 5) is 0. The van der Waals surface area contributed by atoms with Crippen LogP contribution in [0.15, 0.2) is 0 Å². The molecule has 0 saturated heterocycles. The summed E-state index contributed by atoms with van der Waals surface area (Å²) < 4.78 is 0. The van der Waals surface area contributed by atoms with E-state index >= 15 is 0 Å². The van der Waals surface area contributed by atoms with Crippen molar-refractivity contribution in [2.45, 2.75) is 150 Å². The normalized spacial score (nSPS) is 29.3. The minimum absolute atomic E-state index is 0.887. The summed E-state index contributed by atoms with van der Waals surface area (Å²) in [7, 11) is 0. The number of hydrogen-bond donors (Lipinski definition) is 0. The van der Waals surface area contributed by atoms with Gasteiger partial charge in [0.1, 0.15) is 0 Å². The van der Waals surface area contributed by atoms with Crippen molar-refractivity contribution in [2.24, 2.45) is 35.5 Å². The molecule has 0 aromatic rings. The summed E-state index contributed by atoms with van der Waals surface area (Å²) in [5.74, 6) is 6.20. The minimum atomic E-state index is 0.887. The Morgan fingerprint density at radius 2 is 1.10 bits per heavy atom. The molecular formula is C29H56. The molecule has 0 heterocycles. The second-order valence-corrected chi connectivity index (χ2v) is 11.8. The summed E-state index contributed by atoms with van der Waals surface area (Å²) in [5.41, 5.74) is 0. The topological polar surface area (TPSA) is 0 Å². The molecule has 0 nitrogen and oxygen atoms in total. The molecule has 2 rings (SSSR count). The van der Waals surface area contributed by atoms with Crippen LogP contribution in [-0.4, -0.2) is 0 Å². The second kappa shape index (κ2) is 14.9. The first-order valence-electron chi connectivity index (χ1n) is 14.1. The molecule has 1 atom stereocenters. The van der Waals surface area contributed by atoms with Crippen molar-refractivity contribution in [3.8, 4) is 0 Å². The molecule has 0 radical (unpaired) electrons. The largest absolute Gasteiger partial charge is 0.0654 e. The highest BCUT2D eigenvalue weighted by atomic mass is 14.4. The van der Waals surface area contributed by atoms with Crippen LogP contribution in [0.3, 0.4) is 0 Å². The van der Waals surface area contributed by atoms with Crippen LogP contribution in [-0.2, 0) is 0 Å². The Kier molecular flexibility index (Phi) is 13.0. The first-order valence-corrected chi connectivity index (χ1v) is 14.1. The molecule has 1 unspecified atom stereocenters. The molecule has 2 fully saturated rings. The number of unbranched alkanes of at least 4 members (excludes halogenated alkanes) is 4. The Hall–Kier alpha value is 0. The Morgan fingerprint density at radius 3 is 1.66 bits per heavy atom. The fourth-order valence-corrected chi connectivity index (χ4v) is 6.47. The van der Waals surface area contributed by atoms with Crippen molar-refractivity contribution in [1.29, 1.82) is 0 Å². The quantitative estimate of drug-likeness (QED) is 0.252. The molecule has 0 spiro atoms. The van der Waals surface area contributed by atoms with Crippen molar-refractivity contribution in [3.63, 3.8) is 0 Å². The van der Waals surface area contributed by atoms with Gasteiger partial charge < -0.3 is 0 Å². The Bertz CT molecular complexity index is 367. The van der Waals surface area contributed by atoms with E-state index in [1.165, 1.54) is 64.2 Å². The van der Waals surface area contributed by atoms with Crippen LogP contribution in [0, 0.1) is 35.5 Å². The highest BCUT2D eigenvalue weighted by Crippen LogP contribution is 2.43. The van der Waals surface area contributed by atoms with Gasteiger partial charge in [-0.2, -0.15) is 0 Å². The van der Waals surface area contributed by atoms with Crippen LogP contribution in [0.2, 0.25) is 0 Å². The third-order valence-electron chi connectivity index (χ3n) is 8.71. The molecule has 172 valence electrons. The second-order valence-electron chi connectivity index (χ2n) is 11.8. The SMILES string of the molecule is CCCCCCCC1CCC([C@H]2CC[C@@H](CCC(C)CCCC(C)C)CC2)CC1. The van der Waals surface area contributed by atoms with Gasteiger partial charge in [-0.05, 0) is 61.2 Å². The molecule has 0 N–H and O–H groups in total. The molecular weight excluding hydrogens is 348 g/mol. The molecule has 0 amide bonds. The van der Waals surface area contributed by atoms with Crippen molar-refractivity contribution >= 4 is 0 Å². The lowest BCUT2D eigenvalue weighted by atomic mass is 9.68. The standard InChI is InChI=1S/C29H56/c1-5-6-7-8-9-13-26-16-20-28(21-17-26)29-22-18-27(19-23-29)15-14-25(4)12-10-11-24(2)3/h24-29H,5-23H2,1-4H3/t25?,26?,27-,28?,29+. The van der Waals surface area contributed by atoms with Gasteiger partial charge in [0, 0.05) is 0 Å².